The number of halogens is 8. The normalized spacial score (nSPS) is 23.1. The molecular formula is C112H126Cl8N22O8. The Morgan fingerprint density at radius 3 is 0.907 bits per heavy atom. The molecule has 38 heteroatoms. The Hall–Kier alpha value is -10.9. The fourth-order valence-electron chi connectivity index (χ4n) is 24.2. The fourth-order valence-corrected chi connectivity index (χ4v) is 26.5. The zero-order valence-electron chi connectivity index (χ0n) is 85.9. The number of aryl methyl sites for hydroxylation is 2. The molecule has 4 aliphatic heterocycles. The van der Waals surface area contributed by atoms with Gasteiger partial charge in [-0.05, 0) is 313 Å². The van der Waals surface area contributed by atoms with Crippen molar-refractivity contribution in [1.82, 2.24) is 98.6 Å². The third-order valence-corrected chi connectivity index (χ3v) is 34.2. The van der Waals surface area contributed by atoms with Crippen LogP contribution in [0.4, 0.5) is 0 Å². The van der Waals surface area contributed by atoms with Crippen molar-refractivity contribution >= 4 is 184 Å². The molecule has 788 valence electrons. The van der Waals surface area contributed by atoms with Crippen LogP contribution in [0.2, 0.25) is 40.2 Å². The summed E-state index contributed by atoms with van der Waals surface area (Å²) < 4.78 is 7.24. The third-order valence-electron chi connectivity index (χ3n) is 31.9. The SMILES string of the molecule is CC1C=C(c2cnc3c(C#N)nn(C(C)c4ccc(Cl)cc4Cl)c3n2)CCC1N1CCCC1CCC(=O)O.CC1CC(c2cnc3c(C#N)nn(C(C)c4ccc(Cl)cc4Cl)c3n2)=CCC1N1CCCC1CCC(=O)O.Cc1nn(C(C)c2ccc(Cl)cc2Cl)c2nc(C3=CCC(N4CCCC4CCC(=O)O)C(C)C3)cnc12.Cc1nn(C(C)c2ccc(Cl)cc2Cl)c2nc(C3=CCC(N4CCCC4CCC(=O)O)C(C)C3)cnc12. The number of likely N-dealkylation sites (tertiary alicyclic amines) is 4. The Labute approximate surface area is 913 Å². The molecule has 0 radical (unpaired) electrons. The van der Waals surface area contributed by atoms with Crippen molar-refractivity contribution in [1.29, 1.82) is 10.5 Å². The molecule has 4 aliphatic carbocycles. The van der Waals surface area contributed by atoms with E-state index in [4.69, 9.17) is 153 Å². The number of benzene rings is 4. The molecule has 4 N–H and O–H groups in total. The number of aromatic nitrogens is 16. The summed E-state index contributed by atoms with van der Waals surface area (Å²) in [5.41, 5.74) is 18.8. The number of fused-ring (bicyclic) bond motifs is 4. The van der Waals surface area contributed by atoms with Gasteiger partial charge in [-0.3, -0.25) is 38.8 Å². The van der Waals surface area contributed by atoms with Crippen LogP contribution >= 0.6 is 92.8 Å². The van der Waals surface area contributed by atoms with E-state index >= 15 is 0 Å². The highest BCUT2D eigenvalue weighted by molar-refractivity contribution is 6.37. The van der Waals surface area contributed by atoms with Gasteiger partial charge in [0.1, 0.15) is 34.2 Å². The predicted octanol–water partition coefficient (Wildman–Crippen LogP) is 25.4. The number of rotatable bonds is 28. The van der Waals surface area contributed by atoms with Crippen molar-refractivity contribution in [2.24, 2.45) is 23.7 Å². The van der Waals surface area contributed by atoms with Crippen LogP contribution < -0.4 is 0 Å². The molecule has 30 nitrogen and oxygen atoms in total. The summed E-state index contributed by atoms with van der Waals surface area (Å²) in [6, 6.07) is 28.2. The van der Waals surface area contributed by atoms with E-state index in [0.717, 1.165) is 232 Å². The molecule has 12 aromatic rings. The Morgan fingerprint density at radius 1 is 0.373 bits per heavy atom. The van der Waals surface area contributed by atoms with E-state index in [-0.39, 0.29) is 61.2 Å². The van der Waals surface area contributed by atoms with E-state index in [1.54, 1.807) is 58.2 Å². The smallest absolute Gasteiger partial charge is 0.303 e. The zero-order valence-corrected chi connectivity index (χ0v) is 91.9. The van der Waals surface area contributed by atoms with Crippen molar-refractivity contribution in [3.8, 4) is 12.1 Å². The molecule has 8 aliphatic rings. The number of carbonyl (C=O) groups is 4. The average Bonchev–Trinajstić information content (AvgIpc) is 1.62. The van der Waals surface area contributed by atoms with Crippen molar-refractivity contribution < 1.29 is 39.6 Å². The summed E-state index contributed by atoms with van der Waals surface area (Å²) in [5, 5.41) is 79.1. The summed E-state index contributed by atoms with van der Waals surface area (Å²) in [4.78, 5) is 93.4. The van der Waals surface area contributed by atoms with Gasteiger partial charge >= 0.3 is 23.9 Å². The number of nitrogens with zero attached hydrogens (tertiary/aromatic N) is 22. The summed E-state index contributed by atoms with van der Waals surface area (Å²) >= 11 is 50.4. The molecule has 150 heavy (non-hydrogen) atoms. The van der Waals surface area contributed by atoms with Gasteiger partial charge in [0.05, 0.1) is 83.1 Å². The number of hydrogen-bond donors (Lipinski definition) is 4. The van der Waals surface area contributed by atoms with Gasteiger partial charge in [0, 0.05) is 114 Å². The molecule has 0 saturated carbocycles. The standard InChI is InChI=1S/2C28H30Cl2N6O2.2C28H33Cl2N5O2/c2*1-16-12-18(5-9-25(16)35-11-3-4-20(35)7-10-26(37)38)24-15-32-27-23(14-31)34-36(28(27)33-24)17(2)21-8-6-19(29)13-22(21)30;2*1-16-13-19(6-10-25(16)34-12-4-5-21(34)8-11-26(36)37)24-15-31-27-17(2)33-35(28(27)32-24)18(3)22-9-7-20(29)14-23(22)30/h6,8,12-13,15-17,20,25H,3-5,7,9-11H2,1-2H3,(H,37,38);5-6,8,13,15-17,20,25H,3-4,7,9-12H2,1-2H3,(H,37,38);2*6-7,9,14-16,18,21,25H,4-5,8,10-13H2,1-3H3,(H,36,37). The van der Waals surface area contributed by atoms with E-state index < -0.39 is 23.9 Å². The molecule has 4 fully saturated rings. The van der Waals surface area contributed by atoms with Gasteiger partial charge in [-0.15, -0.1) is 0 Å². The predicted molar refractivity (Wildman–Crippen MR) is 588 cm³/mol. The van der Waals surface area contributed by atoms with Gasteiger partial charge in [-0.1, -0.05) is 169 Å². The molecule has 0 spiro atoms. The maximum Gasteiger partial charge on any atom is 0.303 e. The third kappa shape index (κ3) is 24.6. The van der Waals surface area contributed by atoms with Crippen molar-refractivity contribution in [3.05, 3.63) is 230 Å². The summed E-state index contributed by atoms with van der Waals surface area (Å²) in [5.74, 6) is -1.28. The zero-order chi connectivity index (χ0) is 106. The van der Waals surface area contributed by atoms with Crippen LogP contribution in [0.1, 0.15) is 301 Å². The number of aliphatic carboxylic acids is 4. The Balaban J connectivity index is 0.000000136. The molecule has 20 rings (SSSR count). The van der Waals surface area contributed by atoms with E-state index in [1.165, 1.54) is 11.1 Å². The van der Waals surface area contributed by atoms with E-state index in [2.05, 4.69) is 118 Å². The van der Waals surface area contributed by atoms with Crippen LogP contribution in [-0.2, 0) is 19.2 Å². The number of nitriles is 2. The fraction of sp³-hybridized carbons (Fsp3) is 0.482. The van der Waals surface area contributed by atoms with Crippen LogP contribution in [-0.4, -0.2) is 217 Å². The highest BCUT2D eigenvalue weighted by atomic mass is 35.5. The van der Waals surface area contributed by atoms with Gasteiger partial charge in [0.15, 0.2) is 34.0 Å². The molecule has 12 heterocycles. The van der Waals surface area contributed by atoms with Crippen LogP contribution in [0.5, 0.6) is 0 Å². The second-order valence-corrected chi connectivity index (χ2v) is 45.0. The minimum atomic E-state index is -0.726. The minimum Gasteiger partial charge on any atom is -0.481 e. The monoisotopic (exact) mass is 2190 g/mol. The first-order valence-corrected chi connectivity index (χ1v) is 55.2. The van der Waals surface area contributed by atoms with E-state index in [9.17, 15) is 29.7 Å². The number of allylic oxidation sites excluding steroid dienone is 4. The molecule has 16 atom stereocenters. The lowest BCUT2D eigenvalue weighted by atomic mass is 9.83. The average molecular weight is 2190 g/mol. The Kier molecular flexibility index (Phi) is 35.7. The lowest BCUT2D eigenvalue weighted by molar-refractivity contribution is -0.138. The Morgan fingerprint density at radius 2 is 0.640 bits per heavy atom. The molecule has 4 saturated heterocycles. The van der Waals surface area contributed by atoms with E-state index in [1.807, 2.05) is 85.9 Å². The summed E-state index contributed by atoms with van der Waals surface area (Å²) in [6.45, 7) is 25.2. The van der Waals surface area contributed by atoms with Gasteiger partial charge in [0.25, 0.3) is 0 Å². The van der Waals surface area contributed by atoms with Crippen molar-refractivity contribution in [2.45, 2.75) is 296 Å². The first-order chi connectivity index (χ1) is 72.0. The number of carboxylic acids is 4. The van der Waals surface area contributed by atoms with E-state index in [0.29, 0.717) is 147 Å². The second-order valence-electron chi connectivity index (χ2n) is 41.6. The summed E-state index contributed by atoms with van der Waals surface area (Å²) in [6.07, 6.45) is 36.3. The molecule has 0 bridgehead atoms. The first-order valence-electron chi connectivity index (χ1n) is 52.2. The van der Waals surface area contributed by atoms with Gasteiger partial charge < -0.3 is 20.4 Å². The molecule has 4 aromatic carbocycles. The molecule has 8 aromatic heterocycles. The van der Waals surface area contributed by atoms with Crippen LogP contribution in [0, 0.1) is 60.2 Å². The van der Waals surface area contributed by atoms with Gasteiger partial charge in [-0.25, -0.2) is 58.6 Å². The van der Waals surface area contributed by atoms with Crippen molar-refractivity contribution in [2.75, 3.05) is 26.2 Å². The number of carboxylic acid groups (broad SMARTS) is 4. The second kappa shape index (κ2) is 48.6. The maximum absolute atomic E-state index is 11.1. The maximum atomic E-state index is 11.1. The Bertz CT molecular complexity index is 7050. The van der Waals surface area contributed by atoms with Crippen LogP contribution in [0.25, 0.3) is 66.9 Å². The highest BCUT2D eigenvalue weighted by Crippen LogP contribution is 2.46. The lowest BCUT2D eigenvalue weighted by Gasteiger charge is -2.39. The quantitative estimate of drug-likeness (QED) is 0.0354. The first kappa shape index (κ1) is 110. The van der Waals surface area contributed by atoms with Crippen LogP contribution in [0.15, 0.2) is 122 Å². The highest BCUT2D eigenvalue weighted by Gasteiger charge is 2.42. The summed E-state index contributed by atoms with van der Waals surface area (Å²) in [7, 11) is 0. The van der Waals surface area contributed by atoms with Gasteiger partial charge in [0.2, 0.25) is 0 Å². The topological polar surface area (TPSA) is 384 Å². The number of hydrogen-bond acceptors (Lipinski definition) is 22. The van der Waals surface area contributed by atoms with Gasteiger partial charge in [-0.2, -0.15) is 30.9 Å². The molecule has 16 unspecified atom stereocenters. The molecule has 0 amide bonds. The minimum absolute atomic E-state index is 0.132. The van der Waals surface area contributed by atoms with Crippen LogP contribution in [0.3, 0.4) is 0 Å². The largest absolute Gasteiger partial charge is 0.481 e. The van der Waals surface area contributed by atoms with Crippen molar-refractivity contribution in [3.63, 3.8) is 0 Å². The molecular weight excluding hydrogens is 2070 g/mol. The lowest BCUT2D eigenvalue weighted by Crippen LogP contribution is -2.44.